The van der Waals surface area contributed by atoms with Crippen molar-refractivity contribution in [2.24, 2.45) is 0 Å². The molecule has 0 aromatic heterocycles. The maximum atomic E-state index is 5.52. The van der Waals surface area contributed by atoms with Crippen molar-refractivity contribution in [1.29, 1.82) is 0 Å². The van der Waals surface area contributed by atoms with E-state index in [2.05, 4.69) is 0 Å². The highest BCUT2D eigenvalue weighted by molar-refractivity contribution is 6.62. The van der Waals surface area contributed by atoms with Crippen LogP contribution in [0.1, 0.15) is 0 Å². The van der Waals surface area contributed by atoms with E-state index in [9.17, 15) is 0 Å². The first kappa shape index (κ1) is 11.5. The van der Waals surface area contributed by atoms with Crippen LogP contribution in [0.4, 0.5) is 0 Å². The highest BCUT2D eigenvalue weighted by Crippen LogP contribution is 2.35. The van der Waals surface area contributed by atoms with Crippen LogP contribution in [0.3, 0.4) is 0 Å². The van der Waals surface area contributed by atoms with Crippen molar-refractivity contribution in [1.82, 2.24) is 0 Å². The average molecular weight is 263 g/mol. The van der Waals surface area contributed by atoms with Gasteiger partial charge in [-0.05, 0) is 6.08 Å². The van der Waals surface area contributed by atoms with Gasteiger partial charge in [-0.2, -0.15) is 0 Å². The monoisotopic (exact) mass is 260 g/mol. The third-order valence-corrected chi connectivity index (χ3v) is 2.60. The molecule has 0 saturated heterocycles. The summed E-state index contributed by atoms with van der Waals surface area (Å²) in [4.78, 5) is -0.969. The lowest BCUT2D eigenvalue weighted by Crippen LogP contribution is -2.18. The number of alkyl halides is 4. The Morgan fingerprint density at radius 3 is 1.70 bits per heavy atom. The summed E-state index contributed by atoms with van der Waals surface area (Å²) in [6.07, 6.45) is 1.14. The molecule has 0 saturated carbocycles. The van der Waals surface area contributed by atoms with Gasteiger partial charge in [-0.25, -0.2) is 0 Å². The number of hydrogen-bond donors (Lipinski definition) is 0. The zero-order valence-corrected chi connectivity index (χ0v) is 8.96. The third kappa shape index (κ3) is 4.38. The lowest BCUT2D eigenvalue weighted by Gasteiger charge is -2.14. The van der Waals surface area contributed by atoms with Gasteiger partial charge in [0.25, 0.3) is 0 Å². The highest BCUT2D eigenvalue weighted by atomic mass is 35.5. The molecule has 0 spiro atoms. The van der Waals surface area contributed by atoms with Crippen LogP contribution in [0.5, 0.6) is 0 Å². The van der Waals surface area contributed by atoms with Crippen LogP contribution >= 0.6 is 69.6 Å². The molecule has 0 N–H and O–H groups in total. The van der Waals surface area contributed by atoms with Gasteiger partial charge in [-0.15, -0.1) is 23.2 Å². The van der Waals surface area contributed by atoms with Crippen LogP contribution in [0, 0.1) is 0 Å². The zero-order chi connectivity index (χ0) is 8.36. The Bertz CT molecular complexity index is 133. The summed E-state index contributed by atoms with van der Waals surface area (Å²) in [5.41, 5.74) is 0. The van der Waals surface area contributed by atoms with E-state index in [1.54, 1.807) is 0 Å². The van der Waals surface area contributed by atoms with Gasteiger partial charge in [0.05, 0.1) is 0 Å². The number of allylic oxidation sites excluding steroid dienone is 1. The first-order valence-corrected chi connectivity index (χ1v) is 4.44. The molecule has 0 radical (unpaired) electrons. The molecule has 0 nitrogen and oxygen atoms in total. The summed E-state index contributed by atoms with van der Waals surface area (Å²) in [5.74, 6) is 0. The fraction of sp³-hybridized carbons (Fsp3) is 0.500. The molecule has 60 valence electrons. The lowest BCUT2D eigenvalue weighted by atomic mass is 10.4. The van der Waals surface area contributed by atoms with Crippen molar-refractivity contribution in [3.05, 3.63) is 10.6 Å². The van der Waals surface area contributed by atoms with E-state index in [0.717, 1.165) is 6.08 Å². The predicted molar refractivity (Wildman–Crippen MR) is 49.7 cm³/mol. The zero-order valence-electron chi connectivity index (χ0n) is 4.42. The smallest absolute Gasteiger partial charge is 0.102 e. The van der Waals surface area contributed by atoms with E-state index in [-0.39, 0.29) is 4.49 Å². The number of rotatable bonds is 2. The second kappa shape index (κ2) is 4.49. The molecule has 0 atom stereocenters. The van der Waals surface area contributed by atoms with Crippen molar-refractivity contribution in [2.45, 2.75) is 9.17 Å². The van der Waals surface area contributed by atoms with Crippen LogP contribution in [0.15, 0.2) is 10.6 Å². The minimum atomic E-state index is -1.43. The van der Waals surface area contributed by atoms with Gasteiger partial charge < -0.3 is 0 Å². The molecule has 0 rings (SSSR count). The summed E-state index contributed by atoms with van der Waals surface area (Å²) in [6, 6.07) is 0. The highest BCUT2D eigenvalue weighted by Gasteiger charge is 2.29. The topological polar surface area (TPSA) is 0 Å². The largest absolute Gasteiger partial charge is 0.168 e. The molecule has 0 heterocycles. The first-order chi connectivity index (χ1) is 4.36. The third-order valence-electron chi connectivity index (χ3n) is 0.592. The number of hydrogen-bond acceptors (Lipinski definition) is 0. The molecule has 0 aliphatic rings. The molecule has 0 amide bonds. The van der Waals surface area contributed by atoms with E-state index in [0.29, 0.717) is 0 Å². The maximum Gasteiger partial charge on any atom is 0.168 e. The van der Waals surface area contributed by atoms with E-state index in [1.165, 1.54) is 0 Å². The minimum absolute atomic E-state index is 0.0729. The Morgan fingerprint density at radius 2 is 1.60 bits per heavy atom. The predicted octanol–water partition coefficient (Wildman–Crippen LogP) is 4.28. The Kier molecular flexibility index (Phi) is 5.16. The molecule has 0 aromatic carbocycles. The fourth-order valence-electron chi connectivity index (χ4n) is 0.208. The summed E-state index contributed by atoms with van der Waals surface area (Å²) in [5, 5.41) is 0. The molecule has 6 heteroatoms. The fourth-order valence-corrected chi connectivity index (χ4v) is 1.12. The molecule has 0 aliphatic heterocycles. The van der Waals surface area contributed by atoms with Gasteiger partial charge in [0.1, 0.15) is 9.33 Å². The molecular weight excluding hydrogens is 261 g/mol. The first-order valence-electron chi connectivity index (χ1n) is 2.06. The summed E-state index contributed by atoms with van der Waals surface area (Å²) < 4.78 is -1.50. The van der Waals surface area contributed by atoms with Gasteiger partial charge in [-0.3, -0.25) is 0 Å². The second-order valence-corrected chi connectivity index (χ2v) is 4.96. The van der Waals surface area contributed by atoms with Crippen molar-refractivity contribution in [3.8, 4) is 0 Å². The molecule has 10 heavy (non-hydrogen) atoms. The van der Waals surface area contributed by atoms with Crippen molar-refractivity contribution >= 4 is 69.6 Å². The van der Waals surface area contributed by atoms with Crippen LogP contribution in [0.25, 0.3) is 0 Å². The van der Waals surface area contributed by atoms with Crippen molar-refractivity contribution in [2.75, 3.05) is 0 Å². The average Bonchev–Trinajstić information content (AvgIpc) is 1.60. The van der Waals surface area contributed by atoms with Crippen LogP contribution in [0.2, 0.25) is 0 Å². The molecule has 0 bridgehead atoms. The van der Waals surface area contributed by atoms with E-state index < -0.39 is 9.17 Å². The van der Waals surface area contributed by atoms with E-state index >= 15 is 0 Å². The van der Waals surface area contributed by atoms with Gasteiger partial charge in [0, 0.05) is 0 Å². The molecular formula is C4H2Cl6. The quantitative estimate of drug-likeness (QED) is 0.652. The minimum Gasteiger partial charge on any atom is -0.102 e. The van der Waals surface area contributed by atoms with Crippen molar-refractivity contribution in [3.63, 3.8) is 0 Å². The number of halogens is 6. The van der Waals surface area contributed by atoms with Crippen LogP contribution in [-0.4, -0.2) is 9.17 Å². The van der Waals surface area contributed by atoms with Crippen LogP contribution in [-0.2, 0) is 0 Å². The van der Waals surface area contributed by atoms with Gasteiger partial charge in [0.2, 0.25) is 0 Å². The van der Waals surface area contributed by atoms with Gasteiger partial charge >= 0.3 is 0 Å². The Hall–Kier alpha value is 1.48. The SMILES string of the molecule is ClC(Cl)=CC(Cl)(Cl)C(Cl)Cl. The normalized spacial score (nSPS) is 11.9. The van der Waals surface area contributed by atoms with Gasteiger partial charge in [-0.1, -0.05) is 46.4 Å². The van der Waals surface area contributed by atoms with E-state index in [4.69, 9.17) is 69.6 Å². The molecule has 0 unspecified atom stereocenters. The summed E-state index contributed by atoms with van der Waals surface area (Å²) in [6.45, 7) is 0. The van der Waals surface area contributed by atoms with Gasteiger partial charge in [0.15, 0.2) is 4.33 Å². The van der Waals surface area contributed by atoms with Crippen molar-refractivity contribution < 1.29 is 0 Å². The lowest BCUT2D eigenvalue weighted by molar-refractivity contribution is 1.06. The summed E-state index contributed by atoms with van der Waals surface area (Å²) >= 11 is 32.2. The molecule has 0 aromatic rings. The second-order valence-electron chi connectivity index (χ2n) is 1.41. The van der Waals surface area contributed by atoms with Crippen LogP contribution < -0.4 is 0 Å². The molecule has 0 aliphatic carbocycles. The Labute approximate surface area is 89.0 Å². The Morgan fingerprint density at radius 1 is 1.20 bits per heavy atom. The molecule has 0 fully saturated rings. The summed E-state index contributed by atoms with van der Waals surface area (Å²) in [7, 11) is 0. The standard InChI is InChI=1S/C4H2Cl6/c5-2(6)1-4(9,10)3(7)8/h1,3H. The maximum absolute atomic E-state index is 5.52. The Balaban J connectivity index is 4.27. The van der Waals surface area contributed by atoms with E-state index in [1.807, 2.05) is 0 Å².